The van der Waals surface area contributed by atoms with Gasteiger partial charge in [-0.15, -0.1) is 0 Å². The molecule has 1 fully saturated rings. The molecule has 4 heteroatoms. The van der Waals surface area contributed by atoms with Crippen molar-refractivity contribution in [3.8, 4) is 0 Å². The van der Waals surface area contributed by atoms with Gasteiger partial charge in [-0.05, 0) is 26.6 Å². The Balaban J connectivity index is 2.35. The van der Waals surface area contributed by atoms with Gasteiger partial charge in [0.25, 0.3) is 0 Å². The summed E-state index contributed by atoms with van der Waals surface area (Å²) in [4.78, 5) is 2.36. The summed E-state index contributed by atoms with van der Waals surface area (Å²) in [7, 11) is -2.03. The third kappa shape index (κ3) is 3.29. The lowest BCUT2D eigenvalue weighted by atomic mass is 9.98. The third-order valence-corrected chi connectivity index (χ3v) is 3.08. The van der Waals surface area contributed by atoms with Crippen LogP contribution in [0.25, 0.3) is 0 Å². The van der Waals surface area contributed by atoms with Crippen molar-refractivity contribution in [1.82, 2.24) is 9.62 Å². The van der Waals surface area contributed by atoms with Gasteiger partial charge in [0.05, 0.1) is 0 Å². The predicted molar refractivity (Wildman–Crippen MR) is 59.4 cm³/mol. The Morgan fingerprint density at radius 3 is 2.23 bits per heavy atom. The average Bonchev–Trinajstić information content (AvgIpc) is 1.71. The summed E-state index contributed by atoms with van der Waals surface area (Å²) >= 11 is 0. The molecule has 0 bridgehead atoms. The van der Waals surface area contributed by atoms with E-state index in [4.69, 9.17) is 0 Å². The minimum Gasteiger partial charge on any atom is -0.295 e. The van der Waals surface area contributed by atoms with E-state index in [0.717, 1.165) is 13.1 Å². The smallest absolute Gasteiger partial charge is 0.0443 e. The van der Waals surface area contributed by atoms with Gasteiger partial charge in [-0.1, -0.05) is 0 Å². The Morgan fingerprint density at radius 1 is 1.46 bits per heavy atom. The van der Waals surface area contributed by atoms with E-state index in [1.54, 1.807) is 6.26 Å². The van der Waals surface area contributed by atoms with Crippen LogP contribution in [0.4, 0.5) is 0 Å². The number of hydrogen-bond acceptors (Lipinski definition) is 2. The molecular weight excluding hydrogens is 184 g/mol. The van der Waals surface area contributed by atoms with Crippen LogP contribution >= 0.6 is 0 Å². The van der Waals surface area contributed by atoms with E-state index in [2.05, 4.69) is 36.3 Å². The van der Waals surface area contributed by atoms with Gasteiger partial charge in [0.15, 0.2) is 0 Å². The second-order valence-corrected chi connectivity index (χ2v) is 7.14. The number of hydrogen-bond donors (Lipinski definition) is 1. The molecule has 0 amide bonds. The van der Waals surface area contributed by atoms with Crippen LogP contribution in [0.2, 0.25) is 0 Å². The van der Waals surface area contributed by atoms with Crippen LogP contribution in [0.3, 0.4) is 0 Å². The van der Waals surface area contributed by atoms with Crippen molar-refractivity contribution >= 4 is 15.6 Å². The summed E-state index contributed by atoms with van der Waals surface area (Å²) in [6.07, 6.45) is 1.65. The van der Waals surface area contributed by atoms with Crippen molar-refractivity contribution in [1.29, 1.82) is 0 Å². The number of rotatable bonds is 2. The lowest BCUT2D eigenvalue weighted by Gasteiger charge is -2.47. The molecule has 1 N–H and O–H groups in total. The minimum atomic E-state index is -2.03. The van der Waals surface area contributed by atoms with E-state index in [0.29, 0.717) is 6.04 Å². The van der Waals surface area contributed by atoms with E-state index in [1.165, 1.54) is 0 Å². The lowest BCUT2D eigenvalue weighted by Crippen LogP contribution is -2.64. The third-order valence-electron chi connectivity index (χ3n) is 2.25. The average molecular weight is 204 g/mol. The highest BCUT2D eigenvalue weighted by Gasteiger charge is 2.34. The van der Waals surface area contributed by atoms with Crippen LogP contribution in [0.15, 0.2) is 0 Å². The highest BCUT2D eigenvalue weighted by Crippen LogP contribution is 2.20. The van der Waals surface area contributed by atoms with E-state index < -0.39 is 9.71 Å². The maximum atomic E-state index is 11.3. The van der Waals surface area contributed by atoms with Gasteiger partial charge in [0, 0.05) is 40.6 Å². The SMILES string of the molecule is C=S(C)(=O)NC1CN(C(C)(C)C)C1. The topological polar surface area (TPSA) is 32.3 Å². The largest absolute Gasteiger partial charge is 0.295 e. The first-order valence-electron chi connectivity index (χ1n) is 4.53. The molecule has 1 aliphatic heterocycles. The Kier molecular flexibility index (Phi) is 2.76. The zero-order valence-electron chi connectivity index (χ0n) is 8.96. The summed E-state index contributed by atoms with van der Waals surface area (Å²) < 4.78 is 14.3. The summed E-state index contributed by atoms with van der Waals surface area (Å²) in [5.41, 5.74) is 0.230. The van der Waals surface area contributed by atoms with Gasteiger partial charge in [0.2, 0.25) is 0 Å². The number of likely N-dealkylation sites (tertiary alicyclic amines) is 1. The first-order valence-corrected chi connectivity index (χ1v) is 6.66. The maximum Gasteiger partial charge on any atom is 0.0443 e. The fraction of sp³-hybridized carbons (Fsp3) is 0.889. The molecule has 13 heavy (non-hydrogen) atoms. The summed E-state index contributed by atoms with van der Waals surface area (Å²) in [5.74, 6) is 3.58. The van der Waals surface area contributed by atoms with Gasteiger partial charge in [-0.25, -0.2) is 4.72 Å². The molecule has 0 aromatic heterocycles. The molecule has 3 nitrogen and oxygen atoms in total. The van der Waals surface area contributed by atoms with E-state index in [-0.39, 0.29) is 5.54 Å². The molecule has 0 spiro atoms. The Morgan fingerprint density at radius 2 is 1.92 bits per heavy atom. The van der Waals surface area contributed by atoms with Crippen LogP contribution in [0.5, 0.6) is 0 Å². The summed E-state index contributed by atoms with van der Waals surface area (Å²) in [6.45, 7) is 8.53. The summed E-state index contributed by atoms with van der Waals surface area (Å²) in [5, 5.41) is 0. The molecule has 1 rings (SSSR count). The van der Waals surface area contributed by atoms with Crippen LogP contribution in [0, 0.1) is 0 Å². The second-order valence-electron chi connectivity index (χ2n) is 4.90. The van der Waals surface area contributed by atoms with Crippen LogP contribution in [-0.2, 0) is 9.71 Å². The standard InChI is InChI=1S/C9H20N2OS/c1-9(2,3)11-6-8(7-11)10-13(4,5)12/h8H,4,6-7H2,1-3,5H3,(H,10,12). The second kappa shape index (κ2) is 3.26. The molecule has 1 atom stereocenters. The molecule has 1 heterocycles. The zero-order valence-corrected chi connectivity index (χ0v) is 9.78. The Hall–Kier alpha value is -0.0600. The lowest BCUT2D eigenvalue weighted by molar-refractivity contribution is 0.0441. The van der Waals surface area contributed by atoms with Crippen molar-refractivity contribution in [2.24, 2.45) is 0 Å². The molecule has 1 saturated heterocycles. The Labute approximate surface area is 81.6 Å². The monoisotopic (exact) mass is 204 g/mol. The van der Waals surface area contributed by atoms with Crippen molar-refractivity contribution in [2.75, 3.05) is 19.3 Å². The van der Waals surface area contributed by atoms with Gasteiger partial charge in [-0.3, -0.25) is 9.11 Å². The molecule has 0 radical (unpaired) electrons. The van der Waals surface area contributed by atoms with E-state index in [9.17, 15) is 4.21 Å². The molecule has 1 aliphatic rings. The molecule has 0 aromatic rings. The number of nitrogens with zero attached hydrogens (tertiary/aromatic N) is 1. The van der Waals surface area contributed by atoms with Gasteiger partial charge in [-0.2, -0.15) is 0 Å². The van der Waals surface area contributed by atoms with Crippen molar-refractivity contribution < 1.29 is 4.21 Å². The summed E-state index contributed by atoms with van der Waals surface area (Å²) in [6, 6.07) is 0.356. The quantitative estimate of drug-likeness (QED) is 0.657. The van der Waals surface area contributed by atoms with E-state index >= 15 is 0 Å². The molecule has 0 saturated carbocycles. The van der Waals surface area contributed by atoms with Crippen molar-refractivity contribution in [3.05, 3.63) is 0 Å². The first-order chi connectivity index (χ1) is 5.68. The first kappa shape index (κ1) is 11.0. The predicted octanol–water partition coefficient (Wildman–Crippen LogP) is 0.320. The van der Waals surface area contributed by atoms with Crippen LogP contribution in [0.1, 0.15) is 20.8 Å². The zero-order chi connectivity index (χ0) is 10.3. The minimum absolute atomic E-state index is 0.230. The molecule has 78 valence electrons. The van der Waals surface area contributed by atoms with Gasteiger partial charge < -0.3 is 0 Å². The van der Waals surface area contributed by atoms with Gasteiger partial charge in [0.1, 0.15) is 0 Å². The fourth-order valence-electron chi connectivity index (χ4n) is 1.45. The molecule has 1 unspecified atom stereocenters. The van der Waals surface area contributed by atoms with Crippen molar-refractivity contribution in [2.45, 2.75) is 32.4 Å². The van der Waals surface area contributed by atoms with Crippen molar-refractivity contribution in [3.63, 3.8) is 0 Å². The Bertz CT molecular complexity index is 270. The molecular formula is C9H20N2OS. The van der Waals surface area contributed by atoms with Crippen LogP contribution < -0.4 is 4.72 Å². The van der Waals surface area contributed by atoms with E-state index in [1.807, 2.05) is 0 Å². The highest BCUT2D eigenvalue weighted by molar-refractivity contribution is 7.97. The number of nitrogens with one attached hydrogen (secondary N) is 1. The highest BCUT2D eigenvalue weighted by atomic mass is 32.2. The molecule has 0 aromatic carbocycles. The normalized spacial score (nSPS) is 25.2. The fourth-order valence-corrected chi connectivity index (χ4v) is 2.31. The maximum absolute atomic E-state index is 11.3. The van der Waals surface area contributed by atoms with Crippen LogP contribution in [-0.4, -0.2) is 45.9 Å². The molecule has 0 aliphatic carbocycles. The van der Waals surface area contributed by atoms with Gasteiger partial charge >= 0.3 is 0 Å².